The maximum atomic E-state index is 14.2. The first-order chi connectivity index (χ1) is 16.9. The number of rotatable bonds is 8. The Morgan fingerprint density at radius 3 is 2.58 bits per heavy atom. The van der Waals surface area contributed by atoms with E-state index in [0.717, 1.165) is 0 Å². The third-order valence-corrected chi connectivity index (χ3v) is 6.54. The maximum absolute atomic E-state index is 14.2. The van der Waals surface area contributed by atoms with E-state index < -0.39 is 35.5 Å². The molecule has 1 aliphatic rings. The van der Waals surface area contributed by atoms with E-state index in [1.165, 1.54) is 0 Å². The van der Waals surface area contributed by atoms with Crippen molar-refractivity contribution in [2.45, 2.75) is 64.9 Å². The van der Waals surface area contributed by atoms with Gasteiger partial charge in [-0.2, -0.15) is 0 Å². The zero-order valence-corrected chi connectivity index (χ0v) is 21.9. The molecule has 3 atom stereocenters. The fourth-order valence-corrected chi connectivity index (χ4v) is 3.93. The van der Waals surface area contributed by atoms with Crippen LogP contribution in [0.25, 0.3) is 10.8 Å². The van der Waals surface area contributed by atoms with Crippen LogP contribution in [0.2, 0.25) is 0 Å². The number of aromatic nitrogens is 1. The molecule has 9 heteroatoms. The van der Waals surface area contributed by atoms with E-state index in [4.69, 9.17) is 15.2 Å². The molecule has 2 amide bonds. The molecule has 36 heavy (non-hydrogen) atoms. The third kappa shape index (κ3) is 5.71. The average molecular weight is 499 g/mol. The Hall–Kier alpha value is -3.38. The van der Waals surface area contributed by atoms with Gasteiger partial charge in [-0.1, -0.05) is 18.8 Å². The lowest BCUT2D eigenvalue weighted by Gasteiger charge is -2.26. The second-order valence-corrected chi connectivity index (χ2v) is 10.0. The molecule has 0 unspecified atom stereocenters. The maximum Gasteiger partial charge on any atom is 0.255 e. The summed E-state index contributed by atoms with van der Waals surface area (Å²) in [6.45, 7) is 9.56. The van der Waals surface area contributed by atoms with Crippen LogP contribution in [0.3, 0.4) is 0 Å². The Morgan fingerprint density at radius 2 is 2.00 bits per heavy atom. The summed E-state index contributed by atoms with van der Waals surface area (Å²) in [4.78, 5) is 30.6. The number of fused-ring (bicyclic) bond motifs is 1. The minimum atomic E-state index is -1.56. The average Bonchev–Trinajstić information content (AvgIpc) is 3.07. The van der Waals surface area contributed by atoms with Crippen molar-refractivity contribution in [2.24, 2.45) is 11.7 Å². The van der Waals surface area contributed by atoms with E-state index in [9.17, 15) is 14.0 Å². The van der Waals surface area contributed by atoms with Gasteiger partial charge in [0, 0.05) is 22.9 Å². The topological polar surface area (TPSA) is 107 Å². The fourth-order valence-electron chi connectivity index (χ4n) is 3.93. The summed E-state index contributed by atoms with van der Waals surface area (Å²) in [5, 5.41) is 3.86. The Labute approximate surface area is 211 Å². The van der Waals surface area contributed by atoms with Gasteiger partial charge in [0.05, 0.1) is 28.8 Å². The molecule has 0 bridgehead atoms. The zero-order chi connectivity index (χ0) is 26.8. The summed E-state index contributed by atoms with van der Waals surface area (Å²) in [6, 6.07) is 2.83. The number of benzene rings is 1. The van der Waals surface area contributed by atoms with Crippen molar-refractivity contribution in [3.05, 3.63) is 29.5 Å². The summed E-state index contributed by atoms with van der Waals surface area (Å²) in [5.41, 5.74) is 6.07. The number of nitrogens with two attached hydrogens (primary N) is 1. The number of amides is 2. The van der Waals surface area contributed by atoms with E-state index >= 15 is 0 Å². The lowest BCUT2D eigenvalue weighted by Crippen LogP contribution is -2.36. The Morgan fingerprint density at radius 1 is 1.31 bits per heavy atom. The highest BCUT2D eigenvalue weighted by molar-refractivity contribution is 6.03. The summed E-state index contributed by atoms with van der Waals surface area (Å²) in [7, 11) is 3.88. The summed E-state index contributed by atoms with van der Waals surface area (Å²) >= 11 is 0. The van der Waals surface area contributed by atoms with Crippen molar-refractivity contribution < 1.29 is 23.5 Å². The van der Waals surface area contributed by atoms with Crippen LogP contribution in [0.4, 0.5) is 4.39 Å². The number of alkyl halides is 1. The number of pyridine rings is 1. The highest BCUT2D eigenvalue weighted by Crippen LogP contribution is 2.34. The molecule has 0 saturated carbocycles. The minimum absolute atomic E-state index is 0.0450. The molecule has 1 saturated heterocycles. The van der Waals surface area contributed by atoms with Gasteiger partial charge in [-0.05, 0) is 60.3 Å². The molecule has 3 N–H and O–H groups in total. The number of primary amides is 1. The predicted octanol–water partition coefficient (Wildman–Crippen LogP) is 3.05. The predicted molar refractivity (Wildman–Crippen MR) is 137 cm³/mol. The zero-order valence-electron chi connectivity index (χ0n) is 21.9. The Bertz CT molecular complexity index is 1220. The smallest absolute Gasteiger partial charge is 0.255 e. The van der Waals surface area contributed by atoms with Crippen molar-refractivity contribution in [2.75, 3.05) is 20.7 Å². The van der Waals surface area contributed by atoms with Gasteiger partial charge in [0.1, 0.15) is 12.4 Å². The fraction of sp³-hybridized carbons (Fsp3) is 0.519. The van der Waals surface area contributed by atoms with E-state index in [1.807, 2.05) is 53.6 Å². The van der Waals surface area contributed by atoms with E-state index in [2.05, 4.69) is 22.1 Å². The number of nitrogens with zero attached hydrogens (tertiary/aromatic N) is 2. The Balaban J connectivity index is 2.11. The molecule has 2 aromatic rings. The first-order valence-electron chi connectivity index (χ1n) is 12.1. The monoisotopic (exact) mass is 498 g/mol. The van der Waals surface area contributed by atoms with Crippen LogP contribution in [0, 0.1) is 17.8 Å². The molecule has 0 spiro atoms. The number of nitrogens with one attached hydrogen (secondary N) is 1. The van der Waals surface area contributed by atoms with Gasteiger partial charge in [-0.15, -0.1) is 0 Å². The highest BCUT2D eigenvalue weighted by atomic mass is 19.1. The molecule has 1 aromatic carbocycles. The van der Waals surface area contributed by atoms with E-state index in [1.54, 1.807) is 18.3 Å². The van der Waals surface area contributed by atoms with Crippen LogP contribution in [0.15, 0.2) is 18.3 Å². The quantitative estimate of drug-likeness (QED) is 0.542. The molecule has 1 fully saturated rings. The molecule has 0 radical (unpaired) electrons. The molecule has 8 nitrogen and oxygen atoms in total. The number of halogens is 1. The number of hydrogen-bond donors (Lipinski definition) is 2. The standard InChI is InChI=1S/C27H35FN4O4/c1-8-17-21(31-25(34)23(17)28)14-35-26-19-12-22(36-15(2)3)20(24(29)33)11-18(19)16(13-30-26)9-10-27(4,5)32(6)7/h11-13,15,17,21,23H,8,14H2,1-7H3,(H2,29,33)(H,31,34)/t17-,21+,23-/m0/s1. The van der Waals surface area contributed by atoms with Gasteiger partial charge in [-0.3, -0.25) is 14.5 Å². The first kappa shape index (κ1) is 27.2. The highest BCUT2D eigenvalue weighted by Gasteiger charge is 2.41. The molecule has 194 valence electrons. The molecular formula is C27H35FN4O4. The largest absolute Gasteiger partial charge is 0.490 e. The Kier molecular flexibility index (Phi) is 8.09. The number of carbonyl (C=O) groups excluding carboxylic acids is 2. The minimum Gasteiger partial charge on any atom is -0.490 e. The van der Waals surface area contributed by atoms with E-state index in [-0.39, 0.29) is 24.2 Å². The SMILES string of the molecule is CC[C@@H]1[C@H](F)C(=O)N[C@@H]1COc1ncc(C#CC(C)(C)N(C)C)c2cc(C(N)=O)c(OC(C)C)cc12. The van der Waals surface area contributed by atoms with Crippen molar-refractivity contribution in [1.29, 1.82) is 0 Å². The number of hydrogen-bond acceptors (Lipinski definition) is 6. The molecule has 3 rings (SSSR count). The third-order valence-electron chi connectivity index (χ3n) is 6.54. The van der Waals surface area contributed by atoms with Crippen LogP contribution in [0.5, 0.6) is 11.6 Å². The second kappa shape index (κ2) is 10.7. The lowest BCUT2D eigenvalue weighted by molar-refractivity contribution is -0.123. The van der Waals surface area contributed by atoms with Crippen molar-refractivity contribution in [1.82, 2.24) is 15.2 Å². The van der Waals surface area contributed by atoms with Crippen molar-refractivity contribution in [3.63, 3.8) is 0 Å². The lowest BCUT2D eigenvalue weighted by atomic mass is 9.97. The first-order valence-corrected chi connectivity index (χ1v) is 12.1. The summed E-state index contributed by atoms with van der Waals surface area (Å²) < 4.78 is 26.1. The van der Waals surface area contributed by atoms with Gasteiger partial charge in [0.15, 0.2) is 6.17 Å². The van der Waals surface area contributed by atoms with Crippen molar-refractivity contribution >= 4 is 22.6 Å². The summed E-state index contributed by atoms with van der Waals surface area (Å²) in [5.74, 6) is 5.25. The van der Waals surface area contributed by atoms with Gasteiger partial charge in [0.2, 0.25) is 5.88 Å². The molecular weight excluding hydrogens is 463 g/mol. The molecule has 1 aliphatic heterocycles. The van der Waals surface area contributed by atoms with Crippen molar-refractivity contribution in [3.8, 4) is 23.5 Å². The van der Waals surface area contributed by atoms with Crippen LogP contribution in [-0.4, -0.2) is 66.3 Å². The normalized spacial score (nSPS) is 19.8. The van der Waals surface area contributed by atoms with Crippen LogP contribution < -0.4 is 20.5 Å². The van der Waals surface area contributed by atoms with Gasteiger partial charge >= 0.3 is 0 Å². The van der Waals surface area contributed by atoms with Crippen LogP contribution in [-0.2, 0) is 4.79 Å². The van der Waals surface area contributed by atoms with E-state index in [0.29, 0.717) is 28.5 Å². The molecule has 2 heterocycles. The number of ether oxygens (including phenoxy) is 2. The van der Waals surface area contributed by atoms with Crippen LogP contribution in [0.1, 0.15) is 57.0 Å². The van der Waals surface area contributed by atoms with Gasteiger partial charge in [0.25, 0.3) is 11.8 Å². The summed E-state index contributed by atoms with van der Waals surface area (Å²) in [6.07, 6.45) is 0.302. The van der Waals surface area contributed by atoms with Crippen LogP contribution >= 0.6 is 0 Å². The second-order valence-electron chi connectivity index (χ2n) is 10.0. The number of carbonyl (C=O) groups is 2. The molecule has 0 aliphatic carbocycles. The van der Waals surface area contributed by atoms with Gasteiger partial charge < -0.3 is 20.5 Å². The van der Waals surface area contributed by atoms with Gasteiger partial charge in [-0.25, -0.2) is 9.37 Å². The molecule has 1 aromatic heterocycles.